The van der Waals surface area contributed by atoms with Crippen LogP contribution in [0.3, 0.4) is 0 Å². The van der Waals surface area contributed by atoms with E-state index in [4.69, 9.17) is 4.74 Å². The van der Waals surface area contributed by atoms with Crippen LogP contribution in [-0.2, 0) is 16.9 Å². The van der Waals surface area contributed by atoms with Crippen LogP contribution in [0, 0.1) is 0 Å². The van der Waals surface area contributed by atoms with Crippen LogP contribution in [0.4, 0.5) is 5.82 Å². The van der Waals surface area contributed by atoms with E-state index in [1.807, 2.05) is 16.9 Å². The Hall–Kier alpha value is -2.34. The summed E-state index contributed by atoms with van der Waals surface area (Å²) in [5, 5.41) is 7.63. The van der Waals surface area contributed by atoms with Crippen LogP contribution in [0.5, 0.6) is 5.75 Å². The van der Waals surface area contributed by atoms with E-state index in [2.05, 4.69) is 48.2 Å². The van der Waals surface area contributed by atoms with E-state index < -0.39 is 0 Å². The number of amides is 1. The molecule has 2 aliphatic rings. The topological polar surface area (TPSA) is 59.4 Å². The fraction of sp³-hybridized carbons (Fsp3) is 0.545. The van der Waals surface area contributed by atoms with Crippen LogP contribution >= 0.6 is 0 Å². The highest BCUT2D eigenvalue weighted by molar-refractivity contribution is 5.94. The number of anilines is 1. The van der Waals surface area contributed by atoms with E-state index in [0.717, 1.165) is 42.3 Å². The van der Waals surface area contributed by atoms with Crippen molar-refractivity contribution in [2.24, 2.45) is 0 Å². The fourth-order valence-electron chi connectivity index (χ4n) is 4.35. The second-order valence-corrected chi connectivity index (χ2v) is 8.89. The Morgan fingerprint density at radius 3 is 2.68 bits per heavy atom. The first-order valence-corrected chi connectivity index (χ1v) is 10.1. The van der Waals surface area contributed by atoms with Gasteiger partial charge >= 0.3 is 0 Å². The number of methoxy groups -OCH3 is 1. The maximum atomic E-state index is 12.5. The highest BCUT2D eigenvalue weighted by Gasteiger charge is 2.33. The van der Waals surface area contributed by atoms with Crippen molar-refractivity contribution < 1.29 is 9.53 Å². The third-order valence-electron chi connectivity index (χ3n) is 5.76. The predicted molar refractivity (Wildman–Crippen MR) is 110 cm³/mol. The second kappa shape index (κ2) is 7.24. The number of benzene rings is 1. The minimum atomic E-state index is -0.191. The number of nitrogens with zero attached hydrogens (tertiary/aromatic N) is 3. The van der Waals surface area contributed by atoms with E-state index in [0.29, 0.717) is 6.42 Å². The van der Waals surface area contributed by atoms with Crippen molar-refractivity contribution in [1.82, 2.24) is 14.7 Å². The van der Waals surface area contributed by atoms with Gasteiger partial charge in [0, 0.05) is 30.0 Å². The monoisotopic (exact) mass is 382 g/mol. The first-order chi connectivity index (χ1) is 13.4. The molecular weight excluding hydrogens is 352 g/mol. The van der Waals surface area contributed by atoms with Crippen molar-refractivity contribution in [3.05, 3.63) is 41.1 Å². The van der Waals surface area contributed by atoms with Gasteiger partial charge in [0.25, 0.3) is 0 Å². The number of carbonyl (C=O) groups excluding carboxylic acids is 1. The van der Waals surface area contributed by atoms with Gasteiger partial charge in [-0.15, -0.1) is 0 Å². The zero-order valence-corrected chi connectivity index (χ0v) is 17.3. The van der Waals surface area contributed by atoms with Gasteiger partial charge in [0.1, 0.15) is 11.6 Å². The van der Waals surface area contributed by atoms with Gasteiger partial charge in [0.05, 0.1) is 18.8 Å². The molecule has 1 amide bonds. The van der Waals surface area contributed by atoms with Gasteiger partial charge in [0.2, 0.25) is 5.91 Å². The normalized spacial score (nSPS) is 20.1. The van der Waals surface area contributed by atoms with E-state index in [1.165, 1.54) is 18.4 Å². The summed E-state index contributed by atoms with van der Waals surface area (Å²) in [6.07, 6.45) is 4.88. The van der Waals surface area contributed by atoms with Gasteiger partial charge in [-0.3, -0.25) is 9.69 Å². The van der Waals surface area contributed by atoms with Crippen molar-refractivity contribution in [2.45, 2.75) is 58.0 Å². The highest BCUT2D eigenvalue weighted by atomic mass is 16.5. The number of carbonyl (C=O) groups is 1. The minimum absolute atomic E-state index is 0.0167. The lowest BCUT2D eigenvalue weighted by molar-refractivity contribution is -0.116. The first kappa shape index (κ1) is 19.0. The van der Waals surface area contributed by atoms with Crippen LogP contribution < -0.4 is 10.1 Å². The number of hydrogen-bond donors (Lipinski definition) is 1. The standard InChI is InChI=1S/C22H30N4O2/c1-22(2,3)26-21-18(13-23-26)17(12-20(27)24-21)15-7-8-19(28-4)16(11-15)14-25-9-5-6-10-25/h7-8,11,13,17H,5-6,9-10,12,14H2,1-4H3,(H,24,27). The lowest BCUT2D eigenvalue weighted by Crippen LogP contribution is -2.30. The predicted octanol–water partition coefficient (Wildman–Crippen LogP) is 3.72. The van der Waals surface area contributed by atoms with Gasteiger partial charge in [-0.1, -0.05) is 12.1 Å². The van der Waals surface area contributed by atoms with Crippen LogP contribution in [-0.4, -0.2) is 40.8 Å². The van der Waals surface area contributed by atoms with E-state index >= 15 is 0 Å². The Morgan fingerprint density at radius 2 is 2.00 bits per heavy atom. The van der Waals surface area contributed by atoms with Crippen molar-refractivity contribution in [1.29, 1.82) is 0 Å². The number of likely N-dealkylation sites (tertiary alicyclic amines) is 1. The molecule has 2 aromatic rings. The molecule has 1 saturated heterocycles. The van der Waals surface area contributed by atoms with Gasteiger partial charge in [-0.2, -0.15) is 5.10 Å². The van der Waals surface area contributed by atoms with E-state index in [9.17, 15) is 4.79 Å². The molecule has 4 rings (SSSR count). The SMILES string of the molecule is COc1ccc(C2CC(=O)Nc3c2cnn3C(C)(C)C)cc1CN1CCCC1. The fourth-order valence-corrected chi connectivity index (χ4v) is 4.35. The molecule has 0 spiro atoms. The van der Waals surface area contributed by atoms with Crippen LogP contribution in [0.15, 0.2) is 24.4 Å². The number of ether oxygens (including phenoxy) is 1. The molecule has 1 aromatic carbocycles. The summed E-state index contributed by atoms with van der Waals surface area (Å²) in [5.41, 5.74) is 3.24. The second-order valence-electron chi connectivity index (χ2n) is 8.89. The maximum Gasteiger partial charge on any atom is 0.226 e. The Balaban J connectivity index is 1.71. The van der Waals surface area contributed by atoms with E-state index in [1.54, 1.807) is 7.11 Å². The highest BCUT2D eigenvalue weighted by Crippen LogP contribution is 2.40. The lowest BCUT2D eigenvalue weighted by atomic mass is 9.86. The van der Waals surface area contributed by atoms with Crippen LogP contribution in [0.2, 0.25) is 0 Å². The summed E-state index contributed by atoms with van der Waals surface area (Å²) in [5.74, 6) is 1.80. The van der Waals surface area contributed by atoms with Gasteiger partial charge in [-0.25, -0.2) is 4.68 Å². The molecule has 6 nitrogen and oxygen atoms in total. The lowest BCUT2D eigenvalue weighted by Gasteiger charge is -2.28. The summed E-state index contributed by atoms with van der Waals surface area (Å²) >= 11 is 0. The van der Waals surface area contributed by atoms with E-state index in [-0.39, 0.29) is 17.4 Å². The molecule has 2 aliphatic heterocycles. The van der Waals surface area contributed by atoms with Gasteiger partial charge < -0.3 is 10.1 Å². The van der Waals surface area contributed by atoms with Gasteiger partial charge in [-0.05, 0) is 58.3 Å². The summed E-state index contributed by atoms with van der Waals surface area (Å²) in [4.78, 5) is 15.0. The molecule has 1 aromatic heterocycles. The molecular formula is C22H30N4O2. The molecule has 28 heavy (non-hydrogen) atoms. The molecule has 0 radical (unpaired) electrons. The third-order valence-corrected chi connectivity index (χ3v) is 5.76. The van der Waals surface area contributed by atoms with Gasteiger partial charge in [0.15, 0.2) is 0 Å². The smallest absolute Gasteiger partial charge is 0.226 e. The van der Waals surface area contributed by atoms with Crippen molar-refractivity contribution in [3.63, 3.8) is 0 Å². The van der Waals surface area contributed by atoms with Crippen molar-refractivity contribution in [2.75, 3.05) is 25.5 Å². The zero-order chi connectivity index (χ0) is 19.9. The average Bonchev–Trinajstić information content (AvgIpc) is 3.30. The Bertz CT molecular complexity index is 875. The van der Waals surface area contributed by atoms with Crippen molar-refractivity contribution in [3.8, 4) is 5.75 Å². The molecule has 0 bridgehead atoms. The summed E-state index contributed by atoms with van der Waals surface area (Å²) in [6, 6.07) is 6.35. The number of hydrogen-bond acceptors (Lipinski definition) is 4. The molecule has 1 unspecified atom stereocenters. The number of aromatic nitrogens is 2. The van der Waals surface area contributed by atoms with Crippen LogP contribution in [0.1, 0.15) is 62.6 Å². The largest absolute Gasteiger partial charge is 0.496 e. The Morgan fingerprint density at radius 1 is 1.25 bits per heavy atom. The minimum Gasteiger partial charge on any atom is -0.496 e. The quantitative estimate of drug-likeness (QED) is 0.876. The number of fused-ring (bicyclic) bond motifs is 1. The van der Waals surface area contributed by atoms with Crippen LogP contribution in [0.25, 0.3) is 0 Å². The molecule has 0 aliphatic carbocycles. The molecule has 6 heteroatoms. The number of nitrogens with one attached hydrogen (secondary N) is 1. The third kappa shape index (κ3) is 3.53. The Labute approximate surface area is 166 Å². The molecule has 1 fully saturated rings. The average molecular weight is 383 g/mol. The molecule has 0 saturated carbocycles. The summed E-state index contributed by atoms with van der Waals surface area (Å²) in [7, 11) is 1.72. The maximum absolute atomic E-state index is 12.5. The number of rotatable bonds is 4. The zero-order valence-electron chi connectivity index (χ0n) is 17.3. The molecule has 3 heterocycles. The first-order valence-electron chi connectivity index (χ1n) is 10.1. The van der Waals surface area contributed by atoms with Crippen molar-refractivity contribution >= 4 is 11.7 Å². The molecule has 1 atom stereocenters. The summed E-state index contributed by atoms with van der Waals surface area (Å²) < 4.78 is 7.53. The Kier molecular flexibility index (Phi) is 4.91. The molecule has 1 N–H and O–H groups in total. The summed E-state index contributed by atoms with van der Waals surface area (Å²) in [6.45, 7) is 9.46. The molecule has 150 valence electrons.